The van der Waals surface area contributed by atoms with Crippen molar-refractivity contribution in [3.63, 3.8) is 0 Å². The summed E-state index contributed by atoms with van der Waals surface area (Å²) in [4.78, 5) is 20.6. The summed E-state index contributed by atoms with van der Waals surface area (Å²) in [6.45, 7) is 3.40. The zero-order chi connectivity index (χ0) is 15.6. The smallest absolute Gasteiger partial charge is 0.291 e. The number of fused-ring (bicyclic) bond motifs is 1. The number of piperazine rings is 1. The zero-order valence-electron chi connectivity index (χ0n) is 13.1. The molecule has 0 radical (unpaired) electrons. The number of amides is 1. The van der Waals surface area contributed by atoms with E-state index in [1.54, 1.807) is 0 Å². The minimum Gasteiger partial charge on any atom is -0.333 e. The lowest BCUT2D eigenvalue weighted by Gasteiger charge is -2.40. The van der Waals surface area contributed by atoms with E-state index in [1.807, 2.05) is 4.90 Å². The van der Waals surface area contributed by atoms with Gasteiger partial charge in [0.25, 0.3) is 5.91 Å². The fourth-order valence-corrected chi connectivity index (χ4v) is 3.74. The zero-order valence-corrected chi connectivity index (χ0v) is 13.1. The summed E-state index contributed by atoms with van der Waals surface area (Å²) >= 11 is 0. The van der Waals surface area contributed by atoms with Gasteiger partial charge < -0.3 is 4.90 Å². The molecular formula is C17H21N5O. The van der Waals surface area contributed by atoms with E-state index >= 15 is 0 Å². The van der Waals surface area contributed by atoms with Crippen LogP contribution in [-0.4, -0.2) is 63.1 Å². The molecule has 23 heavy (non-hydrogen) atoms. The third kappa shape index (κ3) is 2.86. The predicted molar refractivity (Wildman–Crippen MR) is 86.1 cm³/mol. The number of carbonyl (C=O) groups excluding carboxylic acids is 1. The number of aryl methyl sites for hydroxylation is 1. The number of hydrogen-bond donors (Lipinski definition) is 1. The molecule has 2 aliphatic rings. The Kier molecular flexibility index (Phi) is 3.83. The molecule has 0 saturated carbocycles. The Labute approximate surface area is 135 Å². The molecule has 1 aromatic carbocycles. The van der Waals surface area contributed by atoms with Crippen LogP contribution in [0.4, 0.5) is 0 Å². The van der Waals surface area contributed by atoms with Crippen molar-refractivity contribution >= 4 is 5.91 Å². The lowest BCUT2D eigenvalue weighted by Crippen LogP contribution is -2.53. The summed E-state index contributed by atoms with van der Waals surface area (Å²) < 4.78 is 0. The SMILES string of the molecule is O=C(c1ncn[nH]1)N1CCN([C@@H]2CCc3ccccc3C2)CC1. The van der Waals surface area contributed by atoms with Crippen molar-refractivity contribution in [1.82, 2.24) is 25.0 Å². The van der Waals surface area contributed by atoms with Crippen LogP contribution in [0, 0.1) is 0 Å². The molecular weight excluding hydrogens is 290 g/mol. The van der Waals surface area contributed by atoms with Gasteiger partial charge in [-0.1, -0.05) is 24.3 Å². The largest absolute Gasteiger partial charge is 0.333 e. The van der Waals surface area contributed by atoms with E-state index in [4.69, 9.17) is 0 Å². The first-order chi connectivity index (χ1) is 11.3. The van der Waals surface area contributed by atoms with Crippen molar-refractivity contribution in [3.05, 3.63) is 47.5 Å². The van der Waals surface area contributed by atoms with Gasteiger partial charge >= 0.3 is 0 Å². The van der Waals surface area contributed by atoms with Gasteiger partial charge in [-0.05, 0) is 30.4 Å². The van der Waals surface area contributed by atoms with E-state index in [0.29, 0.717) is 11.9 Å². The number of nitrogens with zero attached hydrogens (tertiary/aromatic N) is 4. The van der Waals surface area contributed by atoms with Gasteiger partial charge in [0.05, 0.1) is 0 Å². The lowest BCUT2D eigenvalue weighted by molar-refractivity contribution is 0.0542. The average molecular weight is 311 g/mol. The van der Waals surface area contributed by atoms with Crippen LogP contribution in [0.3, 0.4) is 0 Å². The molecule has 1 amide bonds. The quantitative estimate of drug-likeness (QED) is 0.903. The van der Waals surface area contributed by atoms with Crippen LogP contribution in [0.5, 0.6) is 0 Å². The van der Waals surface area contributed by atoms with Gasteiger partial charge in [0.15, 0.2) is 0 Å². The van der Waals surface area contributed by atoms with Crippen LogP contribution in [0.2, 0.25) is 0 Å². The first kappa shape index (κ1) is 14.4. The van der Waals surface area contributed by atoms with Crippen LogP contribution in [0.15, 0.2) is 30.6 Å². The highest BCUT2D eigenvalue weighted by Crippen LogP contribution is 2.25. The first-order valence-electron chi connectivity index (χ1n) is 8.27. The number of hydrogen-bond acceptors (Lipinski definition) is 4. The Hall–Kier alpha value is -2.21. The molecule has 0 bridgehead atoms. The van der Waals surface area contributed by atoms with Crippen molar-refractivity contribution in [2.24, 2.45) is 0 Å². The van der Waals surface area contributed by atoms with Crippen LogP contribution < -0.4 is 0 Å². The normalized spacial score (nSPS) is 21.9. The molecule has 6 nitrogen and oxygen atoms in total. The molecule has 4 rings (SSSR count). The van der Waals surface area contributed by atoms with E-state index in [9.17, 15) is 4.79 Å². The number of H-pyrrole nitrogens is 1. The van der Waals surface area contributed by atoms with Gasteiger partial charge in [0.1, 0.15) is 6.33 Å². The Bertz CT molecular complexity index is 676. The fourth-order valence-electron chi connectivity index (χ4n) is 3.74. The number of aromatic nitrogens is 3. The Balaban J connectivity index is 1.36. The summed E-state index contributed by atoms with van der Waals surface area (Å²) in [6.07, 6.45) is 4.89. The molecule has 6 heteroatoms. The molecule has 1 atom stereocenters. The summed E-state index contributed by atoms with van der Waals surface area (Å²) in [6, 6.07) is 9.37. The molecule has 2 aromatic rings. The number of benzene rings is 1. The summed E-state index contributed by atoms with van der Waals surface area (Å²) in [7, 11) is 0. The minimum absolute atomic E-state index is 0.0452. The van der Waals surface area contributed by atoms with E-state index in [0.717, 1.165) is 39.0 Å². The molecule has 0 spiro atoms. The fraction of sp³-hybridized carbons (Fsp3) is 0.471. The maximum Gasteiger partial charge on any atom is 0.291 e. The summed E-state index contributed by atoms with van der Waals surface area (Å²) in [5.74, 6) is 0.293. The molecule has 1 aliphatic carbocycles. The molecule has 0 unspecified atom stereocenters. The van der Waals surface area contributed by atoms with Gasteiger partial charge in [-0.2, -0.15) is 5.10 Å². The van der Waals surface area contributed by atoms with Crippen LogP contribution in [-0.2, 0) is 12.8 Å². The number of aromatic amines is 1. The predicted octanol–water partition coefficient (Wildman–Crippen LogP) is 1.12. The number of rotatable bonds is 2. The lowest BCUT2D eigenvalue weighted by atomic mass is 9.87. The van der Waals surface area contributed by atoms with Gasteiger partial charge in [-0.25, -0.2) is 4.98 Å². The van der Waals surface area contributed by atoms with Crippen LogP contribution >= 0.6 is 0 Å². The summed E-state index contributed by atoms with van der Waals surface area (Å²) in [5.41, 5.74) is 2.99. The standard InChI is InChI=1S/C17H21N5O/c23-17(16-18-12-19-20-16)22-9-7-21(8-10-22)15-6-5-13-3-1-2-4-14(13)11-15/h1-4,12,15H,5-11H2,(H,18,19,20)/t15-/m1/s1. The highest BCUT2D eigenvalue weighted by Gasteiger charge is 2.29. The van der Waals surface area contributed by atoms with Crippen molar-refractivity contribution in [2.75, 3.05) is 26.2 Å². The first-order valence-corrected chi connectivity index (χ1v) is 8.27. The van der Waals surface area contributed by atoms with Crippen molar-refractivity contribution in [2.45, 2.75) is 25.3 Å². The van der Waals surface area contributed by atoms with Crippen LogP contribution in [0.25, 0.3) is 0 Å². The van der Waals surface area contributed by atoms with E-state index in [-0.39, 0.29) is 5.91 Å². The Morgan fingerprint density at radius 2 is 1.91 bits per heavy atom. The Morgan fingerprint density at radius 3 is 2.65 bits per heavy atom. The Morgan fingerprint density at radius 1 is 1.13 bits per heavy atom. The molecule has 2 heterocycles. The average Bonchev–Trinajstić information content (AvgIpc) is 3.15. The molecule has 120 valence electrons. The second-order valence-electron chi connectivity index (χ2n) is 6.33. The summed E-state index contributed by atoms with van der Waals surface area (Å²) in [5, 5.41) is 6.41. The van der Waals surface area contributed by atoms with E-state index < -0.39 is 0 Å². The molecule has 1 fully saturated rings. The van der Waals surface area contributed by atoms with Crippen LogP contribution in [0.1, 0.15) is 28.2 Å². The van der Waals surface area contributed by atoms with Gasteiger partial charge in [-0.15, -0.1) is 0 Å². The second kappa shape index (κ2) is 6.12. The molecule has 1 aliphatic heterocycles. The number of carbonyl (C=O) groups is 1. The van der Waals surface area contributed by atoms with Crippen molar-refractivity contribution in [3.8, 4) is 0 Å². The molecule has 1 aromatic heterocycles. The van der Waals surface area contributed by atoms with Crippen molar-refractivity contribution < 1.29 is 4.79 Å². The van der Waals surface area contributed by atoms with Gasteiger partial charge in [-0.3, -0.25) is 14.8 Å². The van der Waals surface area contributed by atoms with E-state index in [2.05, 4.69) is 44.3 Å². The van der Waals surface area contributed by atoms with E-state index in [1.165, 1.54) is 23.9 Å². The monoisotopic (exact) mass is 311 g/mol. The third-order valence-corrected chi connectivity index (χ3v) is 5.06. The van der Waals surface area contributed by atoms with Gasteiger partial charge in [0, 0.05) is 32.2 Å². The molecule has 1 N–H and O–H groups in total. The van der Waals surface area contributed by atoms with Crippen molar-refractivity contribution in [1.29, 1.82) is 0 Å². The maximum absolute atomic E-state index is 12.3. The highest BCUT2D eigenvalue weighted by atomic mass is 16.2. The molecule has 1 saturated heterocycles. The number of nitrogens with one attached hydrogen (secondary N) is 1. The van der Waals surface area contributed by atoms with Gasteiger partial charge in [0.2, 0.25) is 5.82 Å². The topological polar surface area (TPSA) is 65.1 Å². The maximum atomic E-state index is 12.3. The second-order valence-corrected chi connectivity index (χ2v) is 6.33. The third-order valence-electron chi connectivity index (χ3n) is 5.06. The highest BCUT2D eigenvalue weighted by molar-refractivity contribution is 5.90. The minimum atomic E-state index is -0.0452.